The Morgan fingerprint density at radius 3 is 1.37 bits per heavy atom. The lowest BCUT2D eigenvalue weighted by molar-refractivity contribution is 0.439. The minimum atomic E-state index is 0.101. The van der Waals surface area contributed by atoms with Gasteiger partial charge in [-0.3, -0.25) is 0 Å². The van der Waals surface area contributed by atoms with E-state index < -0.39 is 0 Å². The smallest absolute Gasteiger partial charge is 0.0475 e. The fourth-order valence-corrected chi connectivity index (χ4v) is 6.61. The van der Waals surface area contributed by atoms with E-state index in [0.717, 1.165) is 13.1 Å². The normalized spacial score (nSPS) is 15.8. The van der Waals surface area contributed by atoms with Crippen molar-refractivity contribution in [2.75, 3.05) is 0 Å². The second-order valence-corrected chi connectivity index (χ2v) is 10.7. The topological polar surface area (TPSA) is 9.86 Å². The van der Waals surface area contributed by atoms with Gasteiger partial charge in [0.2, 0.25) is 0 Å². The molecule has 1 aliphatic carbocycles. The van der Waals surface area contributed by atoms with E-state index in [1.807, 2.05) is 0 Å². The van der Waals surface area contributed by atoms with E-state index in [-0.39, 0.29) is 5.41 Å². The van der Waals surface area contributed by atoms with Gasteiger partial charge in [-0.15, -0.1) is 0 Å². The summed E-state index contributed by atoms with van der Waals surface area (Å²) in [5.41, 5.74) is 11.6. The molecule has 35 heavy (non-hydrogen) atoms. The van der Waals surface area contributed by atoms with Crippen LogP contribution in [0.2, 0.25) is 0 Å². The molecule has 0 aliphatic heterocycles. The molecular weight excluding hydrogens is 424 g/mol. The second-order valence-electron chi connectivity index (χ2n) is 10.7. The quantitative estimate of drug-likeness (QED) is 0.254. The maximum Gasteiger partial charge on any atom is 0.0475 e. The second kappa shape index (κ2) is 9.93. The molecule has 1 fully saturated rings. The lowest BCUT2D eigenvalue weighted by atomic mass is 9.69. The summed E-state index contributed by atoms with van der Waals surface area (Å²) in [6.07, 6.45) is 7.83. The zero-order valence-corrected chi connectivity index (χ0v) is 22.0. The van der Waals surface area contributed by atoms with E-state index in [9.17, 15) is 0 Å². The number of rotatable bonds is 6. The van der Waals surface area contributed by atoms with Crippen LogP contribution in [0.15, 0.2) is 72.8 Å². The molecule has 2 nitrogen and oxygen atoms in total. The van der Waals surface area contributed by atoms with E-state index in [1.165, 1.54) is 72.4 Å². The fourth-order valence-electron chi connectivity index (χ4n) is 6.61. The summed E-state index contributed by atoms with van der Waals surface area (Å²) in [6, 6.07) is 26.9. The van der Waals surface area contributed by atoms with Crippen molar-refractivity contribution in [2.24, 2.45) is 0 Å². The van der Waals surface area contributed by atoms with Gasteiger partial charge in [0.1, 0.15) is 0 Å². The summed E-state index contributed by atoms with van der Waals surface area (Å²) in [5.74, 6) is 0. The Hall–Kier alpha value is -3.00. The molecule has 1 saturated carbocycles. The van der Waals surface area contributed by atoms with Gasteiger partial charge in [0.15, 0.2) is 0 Å². The molecule has 0 atom stereocenters. The standard InChI is InChI=1S/C33H40N2/c1-25-21-31(27(3)34(25)23-29-15-9-7-10-16-29)33(19-13-5-6-14-20-33)32-22-26(2)35(28(32)4)24-30-17-11-8-12-18-30/h7-12,15-18,21-22H,5-6,13-14,19-20,23-24H2,1-4H3. The van der Waals surface area contributed by atoms with Gasteiger partial charge in [0.25, 0.3) is 0 Å². The van der Waals surface area contributed by atoms with Gasteiger partial charge in [0.05, 0.1) is 0 Å². The van der Waals surface area contributed by atoms with Crippen LogP contribution in [0.4, 0.5) is 0 Å². The van der Waals surface area contributed by atoms with Gasteiger partial charge in [-0.2, -0.15) is 0 Å². The third-order valence-electron chi connectivity index (χ3n) is 8.50. The predicted molar refractivity (Wildman–Crippen MR) is 147 cm³/mol. The molecule has 4 aromatic rings. The van der Waals surface area contributed by atoms with Crippen LogP contribution in [0.3, 0.4) is 0 Å². The summed E-state index contributed by atoms with van der Waals surface area (Å²) in [7, 11) is 0. The van der Waals surface area contributed by atoms with Gasteiger partial charge >= 0.3 is 0 Å². The largest absolute Gasteiger partial charge is 0.345 e. The summed E-state index contributed by atoms with van der Waals surface area (Å²) in [6.45, 7) is 11.2. The average Bonchev–Trinajstić information content (AvgIpc) is 3.19. The number of hydrogen-bond donors (Lipinski definition) is 0. The van der Waals surface area contributed by atoms with Crippen LogP contribution in [0, 0.1) is 27.7 Å². The molecule has 5 rings (SSSR count). The van der Waals surface area contributed by atoms with Gasteiger partial charge in [-0.1, -0.05) is 86.3 Å². The molecule has 2 aromatic heterocycles. The van der Waals surface area contributed by atoms with Crippen LogP contribution in [0.25, 0.3) is 0 Å². The van der Waals surface area contributed by atoms with Crippen molar-refractivity contribution < 1.29 is 0 Å². The Kier molecular flexibility index (Phi) is 6.73. The highest BCUT2D eigenvalue weighted by Gasteiger charge is 2.39. The molecule has 2 aromatic carbocycles. The van der Waals surface area contributed by atoms with Gasteiger partial charge in [0, 0.05) is 41.3 Å². The van der Waals surface area contributed by atoms with Crippen molar-refractivity contribution >= 4 is 0 Å². The van der Waals surface area contributed by atoms with Gasteiger partial charge in [-0.05, 0) is 74.9 Å². The summed E-state index contributed by atoms with van der Waals surface area (Å²) < 4.78 is 5.08. The van der Waals surface area contributed by atoms with Crippen molar-refractivity contribution in [1.82, 2.24) is 9.13 Å². The highest BCUT2D eigenvalue weighted by atomic mass is 15.0. The fraction of sp³-hybridized carbons (Fsp3) is 0.394. The Morgan fingerprint density at radius 2 is 0.971 bits per heavy atom. The monoisotopic (exact) mass is 464 g/mol. The first kappa shape index (κ1) is 23.7. The molecule has 0 saturated heterocycles. The Balaban J connectivity index is 1.61. The predicted octanol–water partition coefficient (Wildman–Crippen LogP) is 8.26. The Bertz CT molecular complexity index is 1170. The highest BCUT2D eigenvalue weighted by molar-refractivity contribution is 5.48. The molecule has 0 bridgehead atoms. The van der Waals surface area contributed by atoms with Crippen LogP contribution in [-0.2, 0) is 18.5 Å². The minimum absolute atomic E-state index is 0.101. The molecule has 0 radical (unpaired) electrons. The van der Waals surface area contributed by atoms with E-state index in [0.29, 0.717) is 0 Å². The molecule has 1 aliphatic rings. The first-order valence-electron chi connectivity index (χ1n) is 13.4. The number of benzene rings is 2. The van der Waals surface area contributed by atoms with E-state index in [4.69, 9.17) is 0 Å². The number of hydrogen-bond acceptors (Lipinski definition) is 0. The van der Waals surface area contributed by atoms with Crippen LogP contribution in [-0.4, -0.2) is 9.13 Å². The van der Waals surface area contributed by atoms with Crippen molar-refractivity contribution in [3.63, 3.8) is 0 Å². The van der Waals surface area contributed by atoms with E-state index in [1.54, 1.807) is 11.1 Å². The molecule has 0 unspecified atom stereocenters. The first-order valence-corrected chi connectivity index (χ1v) is 13.4. The van der Waals surface area contributed by atoms with Crippen LogP contribution in [0.5, 0.6) is 0 Å². The minimum Gasteiger partial charge on any atom is -0.345 e. The van der Waals surface area contributed by atoms with Crippen molar-refractivity contribution in [2.45, 2.75) is 84.7 Å². The number of nitrogens with zero attached hydrogens (tertiary/aromatic N) is 2. The van der Waals surface area contributed by atoms with Crippen molar-refractivity contribution in [3.8, 4) is 0 Å². The molecule has 2 heterocycles. The first-order chi connectivity index (χ1) is 17.0. The summed E-state index contributed by atoms with van der Waals surface area (Å²) >= 11 is 0. The highest BCUT2D eigenvalue weighted by Crippen LogP contribution is 2.48. The van der Waals surface area contributed by atoms with E-state index >= 15 is 0 Å². The third-order valence-corrected chi connectivity index (χ3v) is 8.50. The lowest BCUT2D eigenvalue weighted by Crippen LogP contribution is -2.28. The third kappa shape index (κ3) is 4.51. The molecule has 0 N–H and O–H groups in total. The zero-order chi connectivity index (χ0) is 24.4. The van der Waals surface area contributed by atoms with Crippen molar-refractivity contribution in [1.29, 1.82) is 0 Å². The number of aromatic nitrogens is 2. The zero-order valence-electron chi connectivity index (χ0n) is 22.0. The van der Waals surface area contributed by atoms with E-state index in [2.05, 4.69) is 110 Å². The average molecular weight is 465 g/mol. The van der Waals surface area contributed by atoms with Gasteiger partial charge < -0.3 is 9.13 Å². The van der Waals surface area contributed by atoms with Crippen LogP contribution >= 0.6 is 0 Å². The van der Waals surface area contributed by atoms with Crippen LogP contribution < -0.4 is 0 Å². The number of aryl methyl sites for hydroxylation is 2. The summed E-state index contributed by atoms with van der Waals surface area (Å²) in [5, 5.41) is 0. The SMILES string of the molecule is Cc1cc(C2(c3cc(C)n(Cc4ccccc4)c3C)CCCCCC2)c(C)n1Cc1ccccc1. The van der Waals surface area contributed by atoms with Crippen molar-refractivity contribution in [3.05, 3.63) is 118 Å². The maximum absolute atomic E-state index is 2.54. The van der Waals surface area contributed by atoms with Gasteiger partial charge in [-0.25, -0.2) is 0 Å². The molecule has 2 heteroatoms. The Labute approximate surface area is 211 Å². The Morgan fingerprint density at radius 1 is 0.571 bits per heavy atom. The summed E-state index contributed by atoms with van der Waals surface area (Å²) in [4.78, 5) is 0. The molecule has 0 amide bonds. The van der Waals surface area contributed by atoms with Crippen LogP contribution in [0.1, 0.15) is 83.6 Å². The maximum atomic E-state index is 2.54. The molecular formula is C33H40N2. The molecule has 182 valence electrons. The molecule has 0 spiro atoms. The lowest BCUT2D eigenvalue weighted by Gasteiger charge is -2.34.